The zero-order valence-electron chi connectivity index (χ0n) is 11.2. The fourth-order valence-corrected chi connectivity index (χ4v) is 3.18. The molecular formula is C10H24NO4PS. The van der Waals surface area contributed by atoms with E-state index in [1.807, 2.05) is 34.6 Å². The molecule has 0 aliphatic heterocycles. The van der Waals surface area contributed by atoms with Crippen LogP contribution in [0.3, 0.4) is 0 Å². The van der Waals surface area contributed by atoms with E-state index in [1.165, 1.54) is 0 Å². The van der Waals surface area contributed by atoms with Gasteiger partial charge in [-0.2, -0.15) is 12.6 Å². The monoisotopic (exact) mass is 285 g/mol. The van der Waals surface area contributed by atoms with Crippen molar-refractivity contribution < 1.29 is 18.3 Å². The fraction of sp³-hybridized carbons (Fsp3) is 1.00. The lowest BCUT2D eigenvalue weighted by atomic mass is 10.4. The molecule has 0 aliphatic rings. The van der Waals surface area contributed by atoms with Gasteiger partial charge in [-0.1, -0.05) is 0 Å². The van der Waals surface area contributed by atoms with Gasteiger partial charge in [-0.05, 0) is 34.6 Å². The molecular weight excluding hydrogens is 261 g/mol. The summed E-state index contributed by atoms with van der Waals surface area (Å²) in [4.78, 5) is 0. The lowest BCUT2D eigenvalue weighted by Crippen LogP contribution is -2.31. The van der Waals surface area contributed by atoms with Crippen molar-refractivity contribution in [2.75, 3.05) is 12.5 Å². The molecule has 0 unspecified atom stereocenters. The molecule has 0 aromatic carbocycles. The lowest BCUT2D eigenvalue weighted by Gasteiger charge is -2.26. The summed E-state index contributed by atoms with van der Waals surface area (Å²) in [6, 6.07) is -0.134. The third-order valence-electron chi connectivity index (χ3n) is 1.54. The van der Waals surface area contributed by atoms with E-state index >= 15 is 0 Å². The maximum Gasteiger partial charge on any atom is 0.406 e. The van der Waals surface area contributed by atoms with Gasteiger partial charge in [0.25, 0.3) is 0 Å². The summed E-state index contributed by atoms with van der Waals surface area (Å²) in [5.41, 5.74) is 0. The van der Waals surface area contributed by atoms with Crippen molar-refractivity contribution in [3.63, 3.8) is 0 Å². The van der Waals surface area contributed by atoms with Gasteiger partial charge in [0.2, 0.25) is 0 Å². The van der Waals surface area contributed by atoms with E-state index < -0.39 is 7.75 Å². The Kier molecular flexibility index (Phi) is 8.72. The average molecular weight is 285 g/mol. The topological polar surface area (TPSA) is 56.8 Å². The van der Waals surface area contributed by atoms with Crippen molar-refractivity contribution in [3.05, 3.63) is 0 Å². The lowest BCUT2D eigenvalue weighted by molar-refractivity contribution is 0.122. The van der Waals surface area contributed by atoms with Crippen LogP contribution in [0, 0.1) is 0 Å². The summed E-state index contributed by atoms with van der Waals surface area (Å²) in [7, 11) is -3.28. The summed E-state index contributed by atoms with van der Waals surface area (Å²) in [5, 5.41) is 2.84. The van der Waals surface area contributed by atoms with Crippen molar-refractivity contribution in [2.45, 2.75) is 52.9 Å². The highest BCUT2D eigenvalue weighted by Crippen LogP contribution is 2.46. The van der Waals surface area contributed by atoms with Gasteiger partial charge < -0.3 is 4.74 Å². The summed E-state index contributed by atoms with van der Waals surface area (Å²) < 4.78 is 28.2. The van der Waals surface area contributed by atoms with Crippen LogP contribution in [0.2, 0.25) is 0 Å². The highest BCUT2D eigenvalue weighted by atomic mass is 32.1. The number of hydrogen-bond donors (Lipinski definition) is 2. The Morgan fingerprint density at radius 3 is 1.94 bits per heavy atom. The Hall–Kier alpha value is 0.420. The van der Waals surface area contributed by atoms with E-state index in [2.05, 4.69) is 17.7 Å². The molecule has 0 spiro atoms. The first-order valence-corrected chi connectivity index (χ1v) is 7.90. The van der Waals surface area contributed by atoms with Gasteiger partial charge in [0, 0.05) is 6.04 Å². The first-order valence-electron chi connectivity index (χ1n) is 5.72. The predicted molar refractivity (Wildman–Crippen MR) is 72.5 cm³/mol. The number of nitrogens with one attached hydrogen (secondary N) is 1. The Labute approximate surface area is 110 Å². The molecule has 5 nitrogen and oxygen atoms in total. The number of rotatable bonds is 9. The molecule has 0 aliphatic carbocycles. The maximum absolute atomic E-state index is 12.4. The van der Waals surface area contributed by atoms with E-state index in [1.54, 1.807) is 0 Å². The quantitative estimate of drug-likeness (QED) is 0.387. The molecule has 0 aromatic rings. The number of thiol groups is 1. The molecule has 7 heteroatoms. The summed E-state index contributed by atoms with van der Waals surface area (Å²) in [6.45, 7) is 9.50. The molecule has 0 aromatic heterocycles. The highest BCUT2D eigenvalue weighted by molar-refractivity contribution is 7.80. The van der Waals surface area contributed by atoms with Gasteiger partial charge in [-0.3, -0.25) is 9.05 Å². The highest BCUT2D eigenvalue weighted by Gasteiger charge is 2.29. The van der Waals surface area contributed by atoms with Crippen LogP contribution in [0.25, 0.3) is 0 Å². The molecule has 104 valence electrons. The Morgan fingerprint density at radius 1 is 1.12 bits per heavy atom. The second-order valence-electron chi connectivity index (χ2n) is 4.34. The summed E-state index contributed by atoms with van der Waals surface area (Å²) in [6.07, 6.45) is -0.352. The minimum atomic E-state index is -3.28. The smallest absolute Gasteiger partial charge is 0.369 e. The normalized spacial score (nSPS) is 14.6. The van der Waals surface area contributed by atoms with Crippen LogP contribution in [-0.2, 0) is 18.3 Å². The molecule has 0 saturated heterocycles. The van der Waals surface area contributed by atoms with Crippen molar-refractivity contribution in [2.24, 2.45) is 0 Å². The predicted octanol–water partition coefficient (Wildman–Crippen LogP) is 2.83. The van der Waals surface area contributed by atoms with E-state index in [9.17, 15) is 4.57 Å². The largest absolute Gasteiger partial charge is 0.406 e. The second-order valence-corrected chi connectivity index (χ2v) is 6.27. The molecule has 1 atom stereocenters. The van der Waals surface area contributed by atoms with E-state index in [4.69, 9.17) is 13.8 Å². The molecule has 0 bridgehead atoms. The second kappa shape index (κ2) is 8.51. The molecule has 0 amide bonds. The zero-order chi connectivity index (χ0) is 13.5. The molecule has 0 saturated carbocycles. The van der Waals surface area contributed by atoms with Crippen LogP contribution in [0.5, 0.6) is 0 Å². The molecule has 0 rings (SSSR count). The van der Waals surface area contributed by atoms with E-state index in [0.717, 1.165) is 0 Å². The van der Waals surface area contributed by atoms with Crippen LogP contribution in [-0.4, -0.2) is 30.8 Å². The molecule has 0 heterocycles. The standard InChI is InChI=1S/C10H24NO4PS/c1-8(2)14-16(12,15-9(3)4)11-10(5)6-13-7-17/h8-10,17H,6-7H2,1-5H3,(H,11,12)/t10-/m0/s1. The van der Waals surface area contributed by atoms with Gasteiger partial charge in [0.05, 0.1) is 24.8 Å². The van der Waals surface area contributed by atoms with Gasteiger partial charge in [-0.15, -0.1) is 0 Å². The van der Waals surface area contributed by atoms with Crippen LogP contribution in [0.15, 0.2) is 0 Å². The first kappa shape index (κ1) is 17.4. The third kappa shape index (κ3) is 9.05. The molecule has 0 radical (unpaired) electrons. The van der Waals surface area contributed by atoms with Crippen molar-refractivity contribution in [1.29, 1.82) is 0 Å². The minimum absolute atomic E-state index is 0.134. The average Bonchev–Trinajstić information content (AvgIpc) is 2.10. The Morgan fingerprint density at radius 2 is 1.59 bits per heavy atom. The Bertz CT molecular complexity index is 236. The van der Waals surface area contributed by atoms with Crippen molar-refractivity contribution >= 4 is 20.4 Å². The third-order valence-corrected chi connectivity index (χ3v) is 3.87. The summed E-state index contributed by atoms with van der Waals surface area (Å²) >= 11 is 3.94. The van der Waals surface area contributed by atoms with Crippen LogP contribution in [0.1, 0.15) is 34.6 Å². The van der Waals surface area contributed by atoms with E-state index in [0.29, 0.717) is 12.5 Å². The van der Waals surface area contributed by atoms with Gasteiger partial charge >= 0.3 is 7.75 Å². The fourth-order valence-electron chi connectivity index (χ4n) is 1.18. The van der Waals surface area contributed by atoms with Crippen molar-refractivity contribution in [3.8, 4) is 0 Å². The van der Waals surface area contributed by atoms with Gasteiger partial charge in [0.15, 0.2) is 0 Å². The van der Waals surface area contributed by atoms with Crippen LogP contribution >= 0.6 is 20.4 Å². The number of ether oxygens (including phenoxy) is 1. The van der Waals surface area contributed by atoms with Gasteiger partial charge in [0.1, 0.15) is 0 Å². The van der Waals surface area contributed by atoms with Gasteiger partial charge in [-0.25, -0.2) is 9.65 Å². The SMILES string of the molecule is CC(C)OP(=O)(N[C@@H](C)COCS)OC(C)C. The van der Waals surface area contributed by atoms with Crippen LogP contribution < -0.4 is 5.09 Å². The van der Waals surface area contributed by atoms with Crippen molar-refractivity contribution in [1.82, 2.24) is 5.09 Å². The Balaban J connectivity index is 4.41. The summed E-state index contributed by atoms with van der Waals surface area (Å²) in [5.74, 6) is 0.326. The van der Waals surface area contributed by atoms with Crippen LogP contribution in [0.4, 0.5) is 0 Å². The maximum atomic E-state index is 12.4. The number of hydrogen-bond acceptors (Lipinski definition) is 5. The molecule has 1 N–H and O–H groups in total. The minimum Gasteiger partial charge on any atom is -0.369 e. The molecule has 17 heavy (non-hydrogen) atoms. The molecule has 0 fully saturated rings. The zero-order valence-corrected chi connectivity index (χ0v) is 13.0. The van der Waals surface area contributed by atoms with E-state index in [-0.39, 0.29) is 18.2 Å². The first-order chi connectivity index (χ1) is 7.79.